The van der Waals surface area contributed by atoms with E-state index in [1.54, 1.807) is 31.3 Å². The first kappa shape index (κ1) is 20.6. The first-order chi connectivity index (χ1) is 11.1. The molecule has 0 heterocycles. The lowest BCUT2D eigenvalue weighted by atomic mass is 10.0. The van der Waals surface area contributed by atoms with Crippen LogP contribution < -0.4 is 11.1 Å². The summed E-state index contributed by atoms with van der Waals surface area (Å²) in [5, 5.41) is 2.78. The van der Waals surface area contributed by atoms with Crippen LogP contribution >= 0.6 is 0 Å². The number of nitrogens with two attached hydrogens (primary N) is 1. The highest BCUT2D eigenvalue weighted by molar-refractivity contribution is 7.89. The third kappa shape index (κ3) is 5.58. The molecule has 0 aliphatic rings. The number of nitrogens with zero attached hydrogens (tertiary/aromatic N) is 1. The van der Waals surface area contributed by atoms with Crippen LogP contribution in [0.15, 0.2) is 29.2 Å². The van der Waals surface area contributed by atoms with Crippen LogP contribution in [0.1, 0.15) is 39.7 Å². The fraction of sp³-hybridized carbons (Fsp3) is 0.588. The van der Waals surface area contributed by atoms with Crippen molar-refractivity contribution in [1.82, 2.24) is 9.62 Å². The molecule has 6 nitrogen and oxygen atoms in total. The molecule has 7 heteroatoms. The maximum absolute atomic E-state index is 12.4. The van der Waals surface area contributed by atoms with Crippen molar-refractivity contribution < 1.29 is 13.2 Å². The predicted molar refractivity (Wildman–Crippen MR) is 95.8 cm³/mol. The van der Waals surface area contributed by atoms with Crippen molar-refractivity contribution in [3.63, 3.8) is 0 Å². The molecule has 0 aliphatic heterocycles. The average molecular weight is 356 g/mol. The highest BCUT2D eigenvalue weighted by atomic mass is 32.2. The minimum Gasteiger partial charge on any atom is -0.351 e. The van der Waals surface area contributed by atoms with E-state index in [4.69, 9.17) is 5.73 Å². The molecule has 0 radical (unpaired) electrons. The van der Waals surface area contributed by atoms with E-state index in [1.165, 1.54) is 4.31 Å². The van der Waals surface area contributed by atoms with Gasteiger partial charge in [0.05, 0.1) is 10.9 Å². The van der Waals surface area contributed by atoms with Gasteiger partial charge in [-0.25, -0.2) is 8.42 Å². The standard InChI is InChI=1S/C17H29N3O3S/c1-12(2)10-16(18)17(21)19-11-14-6-8-15(9-7-14)24(22,23)20(5)13(3)4/h6-9,12-13,16H,10-11,18H2,1-5H3,(H,19,21)/t16-/m0/s1. The first-order valence-electron chi connectivity index (χ1n) is 8.16. The highest BCUT2D eigenvalue weighted by Crippen LogP contribution is 2.17. The second kappa shape index (κ2) is 8.60. The van der Waals surface area contributed by atoms with Crippen LogP contribution in [0.2, 0.25) is 0 Å². The molecule has 3 N–H and O–H groups in total. The molecule has 0 bridgehead atoms. The normalized spacial score (nSPS) is 13.5. The smallest absolute Gasteiger partial charge is 0.243 e. The summed E-state index contributed by atoms with van der Waals surface area (Å²) in [6.45, 7) is 8.00. The van der Waals surface area contributed by atoms with Gasteiger partial charge in [-0.3, -0.25) is 4.79 Å². The van der Waals surface area contributed by atoms with E-state index in [9.17, 15) is 13.2 Å². The molecule has 1 atom stereocenters. The van der Waals surface area contributed by atoms with Crippen molar-refractivity contribution in [2.45, 2.75) is 57.6 Å². The number of hydrogen-bond donors (Lipinski definition) is 2. The Morgan fingerprint density at radius 2 is 1.71 bits per heavy atom. The molecule has 0 spiro atoms. The molecule has 24 heavy (non-hydrogen) atoms. The summed E-state index contributed by atoms with van der Waals surface area (Å²) in [6, 6.07) is 5.89. The number of carbonyl (C=O) groups is 1. The van der Waals surface area contributed by atoms with E-state index >= 15 is 0 Å². The second-order valence-electron chi connectivity index (χ2n) is 6.71. The molecule has 1 rings (SSSR count). The Bertz CT molecular complexity index is 640. The van der Waals surface area contributed by atoms with Crippen molar-refractivity contribution in [1.29, 1.82) is 0 Å². The van der Waals surface area contributed by atoms with Crippen LogP contribution in [-0.4, -0.2) is 37.8 Å². The Labute approximate surface area is 145 Å². The summed E-state index contributed by atoms with van der Waals surface area (Å²) in [7, 11) is -1.93. The van der Waals surface area contributed by atoms with E-state index in [1.807, 2.05) is 27.7 Å². The molecule has 0 unspecified atom stereocenters. The molecule has 0 aliphatic carbocycles. The van der Waals surface area contributed by atoms with Gasteiger partial charge in [0.15, 0.2) is 0 Å². The molecule has 0 aromatic heterocycles. The van der Waals surface area contributed by atoms with Gasteiger partial charge >= 0.3 is 0 Å². The van der Waals surface area contributed by atoms with E-state index in [0.29, 0.717) is 18.9 Å². The number of hydrogen-bond acceptors (Lipinski definition) is 4. The van der Waals surface area contributed by atoms with Crippen LogP contribution in [0.4, 0.5) is 0 Å². The Balaban J connectivity index is 2.71. The Kier molecular flexibility index (Phi) is 7.38. The van der Waals surface area contributed by atoms with E-state index in [0.717, 1.165) is 5.56 Å². The van der Waals surface area contributed by atoms with Gasteiger partial charge in [0.1, 0.15) is 0 Å². The lowest BCUT2D eigenvalue weighted by Crippen LogP contribution is -2.41. The van der Waals surface area contributed by atoms with Gasteiger partial charge in [-0.2, -0.15) is 4.31 Å². The minimum absolute atomic E-state index is 0.114. The largest absolute Gasteiger partial charge is 0.351 e. The van der Waals surface area contributed by atoms with Crippen molar-refractivity contribution in [2.75, 3.05) is 7.05 Å². The van der Waals surface area contributed by atoms with Gasteiger partial charge in [-0.15, -0.1) is 0 Å². The monoisotopic (exact) mass is 355 g/mol. The third-order valence-electron chi connectivity index (χ3n) is 3.86. The van der Waals surface area contributed by atoms with Gasteiger partial charge in [0, 0.05) is 19.6 Å². The molecule has 136 valence electrons. The minimum atomic E-state index is -3.49. The summed E-state index contributed by atoms with van der Waals surface area (Å²) >= 11 is 0. The van der Waals surface area contributed by atoms with E-state index in [2.05, 4.69) is 5.32 Å². The fourth-order valence-electron chi connectivity index (χ4n) is 2.16. The number of nitrogens with one attached hydrogen (secondary N) is 1. The lowest BCUT2D eigenvalue weighted by molar-refractivity contribution is -0.122. The molecule has 0 saturated heterocycles. The zero-order chi connectivity index (χ0) is 18.5. The third-order valence-corrected chi connectivity index (χ3v) is 5.90. The summed E-state index contributed by atoms with van der Waals surface area (Å²) in [4.78, 5) is 12.1. The quantitative estimate of drug-likeness (QED) is 0.742. The Morgan fingerprint density at radius 3 is 2.17 bits per heavy atom. The van der Waals surface area contributed by atoms with Gasteiger partial charge in [-0.05, 0) is 43.9 Å². The molecule has 1 aromatic rings. The van der Waals surface area contributed by atoms with Gasteiger partial charge in [0.2, 0.25) is 15.9 Å². The second-order valence-corrected chi connectivity index (χ2v) is 8.71. The number of sulfonamides is 1. The predicted octanol–water partition coefficient (Wildman–Crippen LogP) is 1.71. The zero-order valence-corrected chi connectivity index (χ0v) is 15.9. The van der Waals surface area contributed by atoms with Crippen molar-refractivity contribution in [2.24, 2.45) is 11.7 Å². The topological polar surface area (TPSA) is 92.5 Å². The van der Waals surface area contributed by atoms with E-state index in [-0.39, 0.29) is 16.8 Å². The maximum Gasteiger partial charge on any atom is 0.243 e. The fourth-order valence-corrected chi connectivity index (χ4v) is 3.53. The SMILES string of the molecule is CC(C)C[C@H](N)C(=O)NCc1ccc(S(=O)(=O)N(C)C(C)C)cc1. The molecule has 1 aromatic carbocycles. The first-order valence-corrected chi connectivity index (χ1v) is 9.60. The van der Waals surface area contributed by atoms with Crippen LogP contribution in [0.25, 0.3) is 0 Å². The average Bonchev–Trinajstić information content (AvgIpc) is 2.51. The summed E-state index contributed by atoms with van der Waals surface area (Å²) in [5.74, 6) is 0.160. The van der Waals surface area contributed by atoms with Gasteiger partial charge in [-0.1, -0.05) is 26.0 Å². The van der Waals surface area contributed by atoms with Crippen LogP contribution in [-0.2, 0) is 21.4 Å². The van der Waals surface area contributed by atoms with Crippen LogP contribution in [0.5, 0.6) is 0 Å². The number of amides is 1. The number of rotatable bonds is 8. The Hall–Kier alpha value is -1.44. The number of benzene rings is 1. The summed E-state index contributed by atoms with van der Waals surface area (Å²) in [5.41, 5.74) is 6.65. The summed E-state index contributed by atoms with van der Waals surface area (Å²) in [6.07, 6.45) is 0.630. The molecule has 0 fully saturated rings. The molecular weight excluding hydrogens is 326 g/mol. The van der Waals surface area contributed by atoms with Crippen molar-refractivity contribution >= 4 is 15.9 Å². The maximum atomic E-state index is 12.4. The Morgan fingerprint density at radius 1 is 1.17 bits per heavy atom. The molecular formula is C17H29N3O3S. The van der Waals surface area contributed by atoms with E-state index < -0.39 is 16.1 Å². The van der Waals surface area contributed by atoms with Gasteiger partial charge < -0.3 is 11.1 Å². The van der Waals surface area contributed by atoms with Crippen LogP contribution in [0.3, 0.4) is 0 Å². The van der Waals surface area contributed by atoms with Crippen molar-refractivity contribution in [3.8, 4) is 0 Å². The van der Waals surface area contributed by atoms with Crippen molar-refractivity contribution in [3.05, 3.63) is 29.8 Å². The zero-order valence-electron chi connectivity index (χ0n) is 15.1. The lowest BCUT2D eigenvalue weighted by Gasteiger charge is -2.21. The highest BCUT2D eigenvalue weighted by Gasteiger charge is 2.22. The molecule has 1 amide bonds. The van der Waals surface area contributed by atoms with Gasteiger partial charge in [0.25, 0.3) is 0 Å². The van der Waals surface area contributed by atoms with Crippen LogP contribution in [0, 0.1) is 5.92 Å². The number of carbonyl (C=O) groups excluding carboxylic acids is 1. The summed E-state index contributed by atoms with van der Waals surface area (Å²) < 4.78 is 26.1. The molecule has 0 saturated carbocycles.